The van der Waals surface area contributed by atoms with Gasteiger partial charge in [-0.1, -0.05) is 54.1 Å². The molecule has 0 amide bonds. The number of fused-ring (bicyclic) bond motifs is 1. The van der Waals surface area contributed by atoms with E-state index >= 15 is 0 Å². The maximum absolute atomic E-state index is 10.9. The topological polar surface area (TPSA) is 63.6 Å². The SMILES string of the molecule is Cc1cccc(-c2cn3c(O)c(Cc4ccco4)nc3c(Cc3ccccc3)n2)c1. The lowest BCUT2D eigenvalue weighted by molar-refractivity contribution is 0.438. The van der Waals surface area contributed by atoms with E-state index in [2.05, 4.69) is 31.2 Å². The van der Waals surface area contributed by atoms with Crippen molar-refractivity contribution in [3.8, 4) is 17.1 Å². The fraction of sp³-hybridized carbons (Fsp3) is 0.120. The van der Waals surface area contributed by atoms with Crippen LogP contribution in [0.5, 0.6) is 5.88 Å². The van der Waals surface area contributed by atoms with Crippen molar-refractivity contribution in [2.24, 2.45) is 0 Å². The van der Waals surface area contributed by atoms with Crippen LogP contribution < -0.4 is 0 Å². The van der Waals surface area contributed by atoms with Crippen molar-refractivity contribution in [1.29, 1.82) is 0 Å². The molecule has 5 nitrogen and oxygen atoms in total. The zero-order valence-electron chi connectivity index (χ0n) is 16.6. The second-order valence-electron chi connectivity index (χ2n) is 7.44. The first kappa shape index (κ1) is 18.2. The van der Waals surface area contributed by atoms with Crippen molar-refractivity contribution < 1.29 is 9.52 Å². The predicted molar refractivity (Wildman–Crippen MR) is 116 cm³/mol. The number of nitrogens with zero attached hydrogens (tertiary/aromatic N) is 3. The second kappa shape index (κ2) is 7.52. The van der Waals surface area contributed by atoms with Crippen molar-refractivity contribution in [2.45, 2.75) is 19.8 Å². The summed E-state index contributed by atoms with van der Waals surface area (Å²) in [5, 5.41) is 10.9. The summed E-state index contributed by atoms with van der Waals surface area (Å²) in [5.41, 5.74) is 6.16. The second-order valence-corrected chi connectivity index (χ2v) is 7.44. The van der Waals surface area contributed by atoms with E-state index in [-0.39, 0.29) is 5.88 Å². The van der Waals surface area contributed by atoms with E-state index in [1.165, 1.54) is 0 Å². The molecule has 5 aromatic rings. The van der Waals surface area contributed by atoms with Crippen LogP contribution in [0.3, 0.4) is 0 Å². The van der Waals surface area contributed by atoms with Crippen molar-refractivity contribution in [1.82, 2.24) is 14.4 Å². The first-order chi connectivity index (χ1) is 14.7. The molecule has 1 N–H and O–H groups in total. The lowest BCUT2D eigenvalue weighted by atomic mass is 10.1. The van der Waals surface area contributed by atoms with Gasteiger partial charge < -0.3 is 9.52 Å². The highest BCUT2D eigenvalue weighted by Gasteiger charge is 2.18. The monoisotopic (exact) mass is 395 g/mol. The Morgan fingerprint density at radius 1 is 0.900 bits per heavy atom. The highest BCUT2D eigenvalue weighted by atomic mass is 16.3. The predicted octanol–water partition coefficient (Wildman–Crippen LogP) is 5.18. The number of benzene rings is 2. The van der Waals surface area contributed by atoms with Crippen LogP contribution in [0, 0.1) is 6.92 Å². The van der Waals surface area contributed by atoms with Gasteiger partial charge in [-0.25, -0.2) is 9.97 Å². The molecule has 5 heteroatoms. The summed E-state index contributed by atoms with van der Waals surface area (Å²) in [6.45, 7) is 2.06. The molecule has 3 aromatic heterocycles. The summed E-state index contributed by atoms with van der Waals surface area (Å²) in [5.74, 6) is 0.872. The van der Waals surface area contributed by atoms with Gasteiger partial charge in [-0.15, -0.1) is 0 Å². The average Bonchev–Trinajstić information content (AvgIpc) is 3.38. The lowest BCUT2D eigenvalue weighted by Crippen LogP contribution is -2.01. The summed E-state index contributed by atoms with van der Waals surface area (Å²) >= 11 is 0. The van der Waals surface area contributed by atoms with E-state index in [0.717, 1.165) is 33.8 Å². The zero-order chi connectivity index (χ0) is 20.5. The van der Waals surface area contributed by atoms with Crippen LogP contribution in [-0.2, 0) is 12.8 Å². The van der Waals surface area contributed by atoms with E-state index in [0.29, 0.717) is 24.2 Å². The van der Waals surface area contributed by atoms with Crippen LogP contribution in [0.15, 0.2) is 83.6 Å². The van der Waals surface area contributed by atoms with Crippen molar-refractivity contribution in [3.05, 3.63) is 107 Å². The van der Waals surface area contributed by atoms with Gasteiger partial charge in [0.2, 0.25) is 5.88 Å². The molecule has 5 rings (SSSR count). The number of aromatic nitrogens is 3. The van der Waals surface area contributed by atoms with E-state index in [1.54, 1.807) is 10.7 Å². The Bertz CT molecular complexity index is 1310. The van der Waals surface area contributed by atoms with Gasteiger partial charge in [0.15, 0.2) is 5.65 Å². The first-order valence-electron chi connectivity index (χ1n) is 9.90. The number of aryl methyl sites for hydroxylation is 1. The Balaban J connectivity index is 1.67. The number of hydrogen-bond acceptors (Lipinski definition) is 4. The summed E-state index contributed by atoms with van der Waals surface area (Å²) in [6.07, 6.45) is 4.53. The van der Waals surface area contributed by atoms with Crippen molar-refractivity contribution >= 4 is 5.65 Å². The Labute approximate surface area is 174 Å². The van der Waals surface area contributed by atoms with Crippen LogP contribution in [0.4, 0.5) is 0 Å². The van der Waals surface area contributed by atoms with Gasteiger partial charge in [-0.3, -0.25) is 4.40 Å². The van der Waals surface area contributed by atoms with Gasteiger partial charge in [0.25, 0.3) is 0 Å². The number of rotatable bonds is 5. The fourth-order valence-corrected chi connectivity index (χ4v) is 3.69. The van der Waals surface area contributed by atoms with Crippen molar-refractivity contribution in [3.63, 3.8) is 0 Å². The molecule has 0 aliphatic carbocycles. The maximum atomic E-state index is 10.9. The number of furan rings is 1. The number of imidazole rings is 1. The molecule has 0 spiro atoms. The largest absolute Gasteiger partial charge is 0.493 e. The maximum Gasteiger partial charge on any atom is 0.219 e. The molecule has 0 radical (unpaired) electrons. The molecule has 0 saturated carbocycles. The summed E-state index contributed by atoms with van der Waals surface area (Å²) in [7, 11) is 0. The van der Waals surface area contributed by atoms with Crippen LogP contribution in [0.2, 0.25) is 0 Å². The molecule has 0 aliphatic heterocycles. The standard InChI is InChI=1S/C25H21N3O2/c1-17-7-5-10-19(13-17)23-16-28-24(21(26-23)14-18-8-3-2-4-9-18)27-22(25(28)29)15-20-11-6-12-30-20/h2-13,16,29H,14-15H2,1H3. The van der Waals surface area contributed by atoms with E-state index in [4.69, 9.17) is 14.4 Å². The summed E-state index contributed by atoms with van der Waals surface area (Å²) < 4.78 is 7.18. The number of hydrogen-bond donors (Lipinski definition) is 1. The van der Waals surface area contributed by atoms with Crippen molar-refractivity contribution in [2.75, 3.05) is 0 Å². The van der Waals surface area contributed by atoms with E-state index in [1.807, 2.05) is 48.7 Å². The molecule has 30 heavy (non-hydrogen) atoms. The van der Waals surface area contributed by atoms with Gasteiger partial charge in [0.1, 0.15) is 11.5 Å². The van der Waals surface area contributed by atoms with E-state index in [9.17, 15) is 5.11 Å². The molecular weight excluding hydrogens is 374 g/mol. The third-order valence-electron chi connectivity index (χ3n) is 5.17. The third-order valence-corrected chi connectivity index (χ3v) is 5.17. The molecule has 0 aliphatic rings. The quantitative estimate of drug-likeness (QED) is 0.445. The molecule has 0 saturated heterocycles. The minimum atomic E-state index is 0.118. The summed E-state index contributed by atoms with van der Waals surface area (Å²) in [6, 6.07) is 22.1. The third kappa shape index (κ3) is 3.46. The van der Waals surface area contributed by atoms with Gasteiger partial charge in [0.05, 0.1) is 24.1 Å². The normalized spacial score (nSPS) is 11.2. The first-order valence-corrected chi connectivity index (χ1v) is 9.90. The van der Waals surface area contributed by atoms with Gasteiger partial charge >= 0.3 is 0 Å². The minimum absolute atomic E-state index is 0.118. The van der Waals surface area contributed by atoms with Crippen LogP contribution in [0.1, 0.15) is 28.3 Å². The molecule has 0 fully saturated rings. The molecule has 0 bridgehead atoms. The Morgan fingerprint density at radius 3 is 2.53 bits per heavy atom. The Kier molecular flexibility index (Phi) is 4.56. The van der Waals surface area contributed by atoms with E-state index < -0.39 is 0 Å². The van der Waals surface area contributed by atoms with Crippen LogP contribution in [-0.4, -0.2) is 19.5 Å². The summed E-state index contributed by atoms with van der Waals surface area (Å²) in [4.78, 5) is 9.67. The van der Waals surface area contributed by atoms with Crippen LogP contribution >= 0.6 is 0 Å². The molecule has 148 valence electrons. The smallest absolute Gasteiger partial charge is 0.219 e. The average molecular weight is 395 g/mol. The van der Waals surface area contributed by atoms with Crippen LogP contribution in [0.25, 0.3) is 16.9 Å². The highest BCUT2D eigenvalue weighted by molar-refractivity contribution is 5.63. The molecule has 2 aromatic carbocycles. The van der Waals surface area contributed by atoms with Gasteiger partial charge in [-0.05, 0) is 30.7 Å². The molecule has 0 unspecified atom stereocenters. The molecular formula is C25H21N3O2. The highest BCUT2D eigenvalue weighted by Crippen LogP contribution is 2.28. The minimum Gasteiger partial charge on any atom is -0.493 e. The van der Waals surface area contributed by atoms with Gasteiger partial charge in [-0.2, -0.15) is 0 Å². The Hall–Kier alpha value is -3.86. The Morgan fingerprint density at radius 2 is 1.77 bits per heavy atom. The molecule has 3 heterocycles. The number of aromatic hydroxyl groups is 1. The molecule has 0 atom stereocenters. The van der Waals surface area contributed by atoms with Gasteiger partial charge in [0, 0.05) is 18.2 Å². The fourth-order valence-electron chi connectivity index (χ4n) is 3.69. The lowest BCUT2D eigenvalue weighted by Gasteiger charge is -2.09. The zero-order valence-corrected chi connectivity index (χ0v) is 16.6.